The maximum Gasteiger partial charge on any atom is 0.412 e. The molecule has 0 saturated carbocycles. The Morgan fingerprint density at radius 3 is 2.33 bits per heavy atom. The highest BCUT2D eigenvalue weighted by atomic mass is 35.5. The third-order valence-corrected chi connectivity index (χ3v) is 4.47. The number of nitrogens with one attached hydrogen (secondary N) is 2. The summed E-state index contributed by atoms with van der Waals surface area (Å²) in [6, 6.07) is 15.3. The van der Waals surface area contributed by atoms with Crippen molar-refractivity contribution < 1.29 is 9.53 Å². The van der Waals surface area contributed by atoms with Crippen LogP contribution in [0.5, 0.6) is 0 Å². The predicted molar refractivity (Wildman–Crippen MR) is 111 cm³/mol. The molecule has 5 heteroatoms. The van der Waals surface area contributed by atoms with Crippen LogP contribution >= 0.6 is 11.6 Å². The lowest BCUT2D eigenvalue weighted by molar-refractivity contribution is 0.110. The van der Waals surface area contributed by atoms with Gasteiger partial charge in [-0.05, 0) is 38.0 Å². The second-order valence-electron chi connectivity index (χ2n) is 6.34. The number of halogens is 1. The molecule has 142 valence electrons. The molecule has 0 radical (unpaired) electrons. The number of allylic oxidation sites excluding steroid dienone is 1. The summed E-state index contributed by atoms with van der Waals surface area (Å²) in [7, 11) is 1.80. The van der Waals surface area contributed by atoms with Gasteiger partial charge in [0.25, 0.3) is 0 Å². The van der Waals surface area contributed by atoms with Crippen molar-refractivity contribution in [2.24, 2.45) is 0 Å². The van der Waals surface area contributed by atoms with Crippen LogP contribution in [0.3, 0.4) is 0 Å². The smallest absolute Gasteiger partial charge is 0.412 e. The standard InChI is InChI=1S/C22H25ClN2O2/c1-14(2)20(21(24-5)17-12-10-15(3)11-13-17)25-22(26)27-16(4)18-8-6-7-9-19(18)23/h6-13,16,24H,1H2,2-5H3,(H,25,26)/b21-20+. The molecule has 27 heavy (non-hydrogen) atoms. The molecule has 4 nitrogen and oxygen atoms in total. The molecule has 1 amide bonds. The van der Waals surface area contributed by atoms with Crippen molar-refractivity contribution in [1.29, 1.82) is 0 Å². The van der Waals surface area contributed by atoms with Crippen molar-refractivity contribution in [2.75, 3.05) is 7.05 Å². The van der Waals surface area contributed by atoms with E-state index in [0.717, 1.165) is 22.4 Å². The normalized spacial score (nSPS) is 12.6. The lowest BCUT2D eigenvalue weighted by atomic mass is 10.1. The van der Waals surface area contributed by atoms with E-state index in [1.165, 1.54) is 0 Å². The molecule has 2 N–H and O–H groups in total. The molecule has 0 aliphatic heterocycles. The number of amides is 1. The van der Waals surface area contributed by atoms with E-state index in [2.05, 4.69) is 17.2 Å². The van der Waals surface area contributed by atoms with E-state index in [-0.39, 0.29) is 0 Å². The maximum absolute atomic E-state index is 12.5. The summed E-state index contributed by atoms with van der Waals surface area (Å²) in [5.41, 5.74) is 4.92. The van der Waals surface area contributed by atoms with Gasteiger partial charge in [0.1, 0.15) is 6.10 Å². The molecular formula is C22H25ClN2O2. The fraction of sp³-hybridized carbons (Fsp3) is 0.227. The van der Waals surface area contributed by atoms with Gasteiger partial charge in [-0.1, -0.05) is 66.2 Å². The quantitative estimate of drug-likeness (QED) is 0.637. The van der Waals surface area contributed by atoms with Crippen LogP contribution in [0, 0.1) is 6.92 Å². The SMILES string of the molecule is C=C(C)/C(NC(=O)OC(C)c1ccccc1Cl)=C(\NC)c1ccc(C)cc1. The first-order valence-electron chi connectivity index (χ1n) is 8.70. The van der Waals surface area contributed by atoms with Gasteiger partial charge in [-0.2, -0.15) is 0 Å². The number of carbonyl (C=O) groups is 1. The maximum atomic E-state index is 12.5. The number of benzene rings is 2. The van der Waals surface area contributed by atoms with Crippen molar-refractivity contribution in [3.63, 3.8) is 0 Å². The van der Waals surface area contributed by atoms with Gasteiger partial charge in [0, 0.05) is 17.6 Å². The molecule has 0 aromatic heterocycles. The van der Waals surface area contributed by atoms with E-state index in [9.17, 15) is 4.79 Å². The molecule has 2 rings (SSSR count). The molecule has 0 bridgehead atoms. The molecule has 2 aromatic rings. The second kappa shape index (κ2) is 9.28. The van der Waals surface area contributed by atoms with E-state index in [0.29, 0.717) is 16.3 Å². The van der Waals surface area contributed by atoms with Gasteiger partial charge in [0.15, 0.2) is 0 Å². The minimum Gasteiger partial charge on any atom is -0.441 e. The first kappa shape index (κ1) is 20.6. The summed E-state index contributed by atoms with van der Waals surface area (Å²) in [5, 5.41) is 6.52. The zero-order chi connectivity index (χ0) is 20.0. The number of hydrogen-bond acceptors (Lipinski definition) is 3. The van der Waals surface area contributed by atoms with Gasteiger partial charge < -0.3 is 10.1 Å². The van der Waals surface area contributed by atoms with Crippen LogP contribution in [0.15, 0.2) is 66.4 Å². The van der Waals surface area contributed by atoms with Crippen molar-refractivity contribution in [3.05, 3.63) is 88.1 Å². The lowest BCUT2D eigenvalue weighted by Gasteiger charge is -2.19. The Bertz CT molecular complexity index is 857. The molecule has 0 spiro atoms. The highest BCUT2D eigenvalue weighted by Gasteiger charge is 2.17. The summed E-state index contributed by atoms with van der Waals surface area (Å²) in [6.07, 6.45) is -1.05. The summed E-state index contributed by atoms with van der Waals surface area (Å²) < 4.78 is 5.51. The zero-order valence-corrected chi connectivity index (χ0v) is 16.9. The predicted octanol–water partition coefficient (Wildman–Crippen LogP) is 5.60. The second-order valence-corrected chi connectivity index (χ2v) is 6.75. The van der Waals surface area contributed by atoms with E-state index in [1.807, 2.05) is 56.3 Å². The summed E-state index contributed by atoms with van der Waals surface area (Å²) in [6.45, 7) is 9.62. The molecule has 2 aromatic carbocycles. The Kier molecular flexibility index (Phi) is 7.08. The van der Waals surface area contributed by atoms with E-state index < -0.39 is 12.2 Å². The third-order valence-electron chi connectivity index (χ3n) is 4.12. The van der Waals surface area contributed by atoms with Crippen molar-refractivity contribution in [1.82, 2.24) is 10.6 Å². The van der Waals surface area contributed by atoms with E-state index in [4.69, 9.17) is 16.3 Å². The number of aryl methyl sites for hydroxylation is 1. The highest BCUT2D eigenvalue weighted by Crippen LogP contribution is 2.25. The van der Waals surface area contributed by atoms with Crippen LogP contribution in [0.25, 0.3) is 5.70 Å². The van der Waals surface area contributed by atoms with Crippen LogP contribution in [0.1, 0.15) is 36.6 Å². The Hall–Kier alpha value is -2.72. The van der Waals surface area contributed by atoms with Crippen LogP contribution in [-0.4, -0.2) is 13.1 Å². The Morgan fingerprint density at radius 1 is 1.15 bits per heavy atom. The average Bonchev–Trinajstić information content (AvgIpc) is 2.63. The molecule has 1 unspecified atom stereocenters. The lowest BCUT2D eigenvalue weighted by Crippen LogP contribution is -2.28. The topological polar surface area (TPSA) is 50.4 Å². The van der Waals surface area contributed by atoms with Crippen LogP contribution < -0.4 is 10.6 Å². The van der Waals surface area contributed by atoms with Crippen LogP contribution in [-0.2, 0) is 4.74 Å². The molecule has 0 saturated heterocycles. The molecule has 0 aliphatic rings. The highest BCUT2D eigenvalue weighted by molar-refractivity contribution is 6.31. The average molecular weight is 385 g/mol. The summed E-state index contributed by atoms with van der Waals surface area (Å²) in [5.74, 6) is 0. The van der Waals surface area contributed by atoms with Gasteiger partial charge in [-0.15, -0.1) is 0 Å². The Balaban J connectivity index is 2.24. The first-order valence-corrected chi connectivity index (χ1v) is 9.08. The molecule has 0 aliphatic carbocycles. The monoisotopic (exact) mass is 384 g/mol. The number of ether oxygens (including phenoxy) is 1. The van der Waals surface area contributed by atoms with Gasteiger partial charge in [0.05, 0.1) is 11.4 Å². The van der Waals surface area contributed by atoms with Gasteiger partial charge in [-0.3, -0.25) is 5.32 Å². The summed E-state index contributed by atoms with van der Waals surface area (Å²) >= 11 is 6.18. The number of rotatable bonds is 6. The molecule has 1 atom stereocenters. The van der Waals surface area contributed by atoms with Gasteiger partial charge in [0.2, 0.25) is 0 Å². The van der Waals surface area contributed by atoms with Crippen molar-refractivity contribution in [2.45, 2.75) is 26.9 Å². The molecular weight excluding hydrogens is 360 g/mol. The van der Waals surface area contributed by atoms with Crippen molar-refractivity contribution >= 4 is 23.4 Å². The largest absolute Gasteiger partial charge is 0.441 e. The number of alkyl carbamates (subject to hydrolysis) is 1. The first-order chi connectivity index (χ1) is 12.8. The molecule has 0 fully saturated rings. The van der Waals surface area contributed by atoms with Crippen LogP contribution in [0.2, 0.25) is 5.02 Å². The van der Waals surface area contributed by atoms with Gasteiger partial charge >= 0.3 is 6.09 Å². The summed E-state index contributed by atoms with van der Waals surface area (Å²) in [4.78, 5) is 12.5. The minimum atomic E-state index is -0.569. The fourth-order valence-corrected chi connectivity index (χ4v) is 2.97. The van der Waals surface area contributed by atoms with E-state index >= 15 is 0 Å². The zero-order valence-electron chi connectivity index (χ0n) is 16.1. The van der Waals surface area contributed by atoms with Crippen molar-refractivity contribution in [3.8, 4) is 0 Å². The van der Waals surface area contributed by atoms with E-state index in [1.54, 1.807) is 20.0 Å². The number of carbonyl (C=O) groups excluding carboxylic acids is 1. The Morgan fingerprint density at radius 2 is 1.78 bits per heavy atom. The third kappa shape index (κ3) is 5.38. The molecule has 0 heterocycles. The van der Waals surface area contributed by atoms with Gasteiger partial charge in [-0.25, -0.2) is 4.79 Å². The fourth-order valence-electron chi connectivity index (χ4n) is 2.68. The Labute approximate surface area is 165 Å². The minimum absolute atomic E-state index is 0.484. The number of hydrogen-bond donors (Lipinski definition) is 2. The van der Waals surface area contributed by atoms with Crippen LogP contribution in [0.4, 0.5) is 4.79 Å².